The average Bonchev–Trinajstić information content (AvgIpc) is 2.89. The molecule has 36 heavy (non-hydrogen) atoms. The Morgan fingerprint density at radius 1 is 0.889 bits per heavy atom. The van der Waals surface area contributed by atoms with Crippen LogP contribution in [0.25, 0.3) is 0 Å². The SMILES string of the molecule is COc1ccc(NC(=O)c2ccc(C(N)=O)c(CCCCCCN)c2)c(C(=O)Nc2ccccn2)c1. The fourth-order valence-electron chi connectivity index (χ4n) is 3.76. The van der Waals surface area contributed by atoms with Crippen molar-refractivity contribution < 1.29 is 19.1 Å². The first-order valence-electron chi connectivity index (χ1n) is 11.8. The number of aromatic nitrogens is 1. The highest BCUT2D eigenvalue weighted by Gasteiger charge is 2.18. The summed E-state index contributed by atoms with van der Waals surface area (Å²) in [5.74, 6) is -0.581. The Labute approximate surface area is 210 Å². The fraction of sp³-hybridized carbons (Fsp3) is 0.259. The van der Waals surface area contributed by atoms with Crippen molar-refractivity contribution in [1.82, 2.24) is 4.98 Å². The second kappa shape index (κ2) is 13.0. The van der Waals surface area contributed by atoms with Crippen LogP contribution in [-0.2, 0) is 6.42 Å². The lowest BCUT2D eigenvalue weighted by Gasteiger charge is -2.14. The first-order chi connectivity index (χ1) is 17.4. The number of nitrogens with one attached hydrogen (secondary N) is 2. The van der Waals surface area contributed by atoms with E-state index < -0.39 is 17.7 Å². The molecule has 0 aliphatic heterocycles. The number of hydrogen-bond donors (Lipinski definition) is 4. The molecule has 0 saturated heterocycles. The summed E-state index contributed by atoms with van der Waals surface area (Å²) in [6.07, 6.45) is 5.94. The molecule has 1 heterocycles. The number of pyridine rings is 1. The summed E-state index contributed by atoms with van der Waals surface area (Å²) in [6.45, 7) is 0.648. The van der Waals surface area contributed by atoms with Crippen molar-refractivity contribution in [3.63, 3.8) is 0 Å². The van der Waals surface area contributed by atoms with Gasteiger partial charge in [0.05, 0.1) is 18.4 Å². The zero-order valence-electron chi connectivity index (χ0n) is 20.3. The Hall–Kier alpha value is -4.24. The third kappa shape index (κ3) is 7.13. The van der Waals surface area contributed by atoms with E-state index in [9.17, 15) is 14.4 Å². The van der Waals surface area contributed by atoms with Crippen molar-refractivity contribution in [2.24, 2.45) is 11.5 Å². The van der Waals surface area contributed by atoms with Crippen LogP contribution in [-0.4, -0.2) is 36.4 Å². The lowest BCUT2D eigenvalue weighted by atomic mass is 9.97. The van der Waals surface area contributed by atoms with Gasteiger partial charge in [-0.3, -0.25) is 14.4 Å². The summed E-state index contributed by atoms with van der Waals surface area (Å²) in [6, 6.07) is 14.7. The van der Waals surface area contributed by atoms with Gasteiger partial charge in [-0.2, -0.15) is 0 Å². The number of unbranched alkanes of at least 4 members (excludes halogenated alkanes) is 3. The smallest absolute Gasteiger partial charge is 0.259 e. The minimum absolute atomic E-state index is 0.210. The summed E-state index contributed by atoms with van der Waals surface area (Å²) in [4.78, 5) is 42.1. The normalized spacial score (nSPS) is 10.5. The molecular formula is C27H31N5O4. The highest BCUT2D eigenvalue weighted by Crippen LogP contribution is 2.24. The van der Waals surface area contributed by atoms with Gasteiger partial charge < -0.3 is 26.8 Å². The standard InChI is InChI=1S/C27H31N5O4/c1-36-20-11-13-23(22(17-20)27(35)32-24-9-5-7-15-30-24)31-26(34)19-10-12-21(25(29)33)18(16-19)8-4-2-3-6-14-28/h5,7,9-13,15-17H,2-4,6,8,14,28H2,1H3,(H2,29,33)(H,31,34)(H,30,32,35). The molecule has 0 saturated carbocycles. The van der Waals surface area contributed by atoms with Gasteiger partial charge >= 0.3 is 0 Å². The van der Waals surface area contributed by atoms with Crippen LogP contribution >= 0.6 is 0 Å². The molecule has 0 aliphatic carbocycles. The molecule has 0 unspecified atom stereocenters. The number of carbonyl (C=O) groups excluding carboxylic acids is 3. The number of anilines is 2. The summed E-state index contributed by atoms with van der Waals surface area (Å²) < 4.78 is 5.25. The van der Waals surface area contributed by atoms with Crippen molar-refractivity contribution in [2.45, 2.75) is 32.1 Å². The lowest BCUT2D eigenvalue weighted by Crippen LogP contribution is -2.20. The number of primary amides is 1. The maximum atomic E-state index is 13.1. The summed E-state index contributed by atoms with van der Waals surface area (Å²) in [5, 5.41) is 5.51. The quantitative estimate of drug-likeness (QED) is 0.285. The predicted octanol–water partition coefficient (Wildman–Crippen LogP) is 3.76. The van der Waals surface area contributed by atoms with E-state index in [4.69, 9.17) is 16.2 Å². The Morgan fingerprint density at radius 2 is 1.69 bits per heavy atom. The van der Waals surface area contributed by atoms with E-state index in [1.54, 1.807) is 54.7 Å². The van der Waals surface area contributed by atoms with Gasteiger partial charge in [0.15, 0.2) is 0 Å². The molecule has 0 radical (unpaired) electrons. The van der Waals surface area contributed by atoms with Crippen molar-refractivity contribution in [1.29, 1.82) is 0 Å². The van der Waals surface area contributed by atoms with Gasteiger partial charge in [0, 0.05) is 17.3 Å². The molecule has 9 heteroatoms. The number of nitrogens with zero attached hydrogens (tertiary/aromatic N) is 1. The van der Waals surface area contributed by atoms with E-state index in [2.05, 4.69) is 15.6 Å². The minimum Gasteiger partial charge on any atom is -0.497 e. The number of hydrogen-bond acceptors (Lipinski definition) is 6. The van der Waals surface area contributed by atoms with E-state index in [0.717, 1.165) is 25.7 Å². The van der Waals surface area contributed by atoms with Crippen LogP contribution in [0.4, 0.5) is 11.5 Å². The van der Waals surface area contributed by atoms with Crippen LogP contribution in [0.1, 0.15) is 62.3 Å². The Kier molecular flexibility index (Phi) is 9.53. The third-order valence-electron chi connectivity index (χ3n) is 5.66. The molecule has 0 bridgehead atoms. The second-order valence-corrected chi connectivity index (χ2v) is 8.22. The van der Waals surface area contributed by atoms with E-state index >= 15 is 0 Å². The molecule has 3 aromatic rings. The molecule has 0 atom stereocenters. The predicted molar refractivity (Wildman–Crippen MR) is 139 cm³/mol. The van der Waals surface area contributed by atoms with Crippen LogP contribution in [0.5, 0.6) is 5.75 Å². The van der Waals surface area contributed by atoms with Gasteiger partial charge in [-0.25, -0.2) is 4.98 Å². The van der Waals surface area contributed by atoms with Gasteiger partial charge in [0.1, 0.15) is 11.6 Å². The number of methoxy groups -OCH3 is 1. The van der Waals surface area contributed by atoms with E-state index in [0.29, 0.717) is 46.9 Å². The van der Waals surface area contributed by atoms with Gasteiger partial charge in [0.25, 0.3) is 11.8 Å². The van der Waals surface area contributed by atoms with Crippen LogP contribution in [0.3, 0.4) is 0 Å². The highest BCUT2D eigenvalue weighted by atomic mass is 16.5. The topological polar surface area (TPSA) is 149 Å². The molecule has 1 aromatic heterocycles. The fourth-order valence-corrected chi connectivity index (χ4v) is 3.76. The molecule has 188 valence electrons. The number of carbonyl (C=O) groups is 3. The Morgan fingerprint density at radius 3 is 2.39 bits per heavy atom. The zero-order valence-corrected chi connectivity index (χ0v) is 20.3. The third-order valence-corrected chi connectivity index (χ3v) is 5.66. The van der Waals surface area contributed by atoms with Crippen LogP contribution in [0.2, 0.25) is 0 Å². The summed E-state index contributed by atoms with van der Waals surface area (Å²) in [7, 11) is 1.49. The monoisotopic (exact) mass is 489 g/mol. The van der Waals surface area contributed by atoms with E-state index in [1.165, 1.54) is 13.2 Å². The molecule has 3 rings (SSSR count). The molecule has 2 aromatic carbocycles. The zero-order chi connectivity index (χ0) is 25.9. The number of aryl methyl sites for hydroxylation is 1. The molecule has 9 nitrogen and oxygen atoms in total. The van der Waals surface area contributed by atoms with E-state index in [-0.39, 0.29) is 5.56 Å². The van der Waals surface area contributed by atoms with Gasteiger partial charge in [-0.1, -0.05) is 18.9 Å². The lowest BCUT2D eigenvalue weighted by molar-refractivity contribution is 0.0992. The second-order valence-electron chi connectivity index (χ2n) is 8.22. The highest BCUT2D eigenvalue weighted by molar-refractivity contribution is 6.12. The van der Waals surface area contributed by atoms with Crippen LogP contribution in [0, 0.1) is 0 Å². The van der Waals surface area contributed by atoms with Gasteiger partial charge in [0.2, 0.25) is 5.91 Å². The molecule has 3 amide bonds. The largest absolute Gasteiger partial charge is 0.497 e. The molecular weight excluding hydrogens is 458 g/mol. The summed E-state index contributed by atoms with van der Waals surface area (Å²) in [5.41, 5.74) is 13.1. The summed E-state index contributed by atoms with van der Waals surface area (Å²) >= 11 is 0. The molecule has 0 spiro atoms. The van der Waals surface area contributed by atoms with Crippen LogP contribution in [0.15, 0.2) is 60.8 Å². The van der Waals surface area contributed by atoms with Crippen molar-refractivity contribution in [3.8, 4) is 5.75 Å². The van der Waals surface area contributed by atoms with Crippen molar-refractivity contribution >= 4 is 29.2 Å². The first-order valence-corrected chi connectivity index (χ1v) is 11.8. The van der Waals surface area contributed by atoms with Gasteiger partial charge in [-0.15, -0.1) is 0 Å². The minimum atomic E-state index is -0.539. The van der Waals surface area contributed by atoms with Crippen LogP contribution < -0.4 is 26.8 Å². The number of ether oxygens (including phenoxy) is 1. The number of rotatable bonds is 12. The van der Waals surface area contributed by atoms with E-state index in [1.807, 2.05) is 0 Å². The first kappa shape index (κ1) is 26.4. The number of amides is 3. The van der Waals surface area contributed by atoms with Crippen molar-refractivity contribution in [2.75, 3.05) is 24.3 Å². The molecule has 6 N–H and O–H groups in total. The molecule has 0 aliphatic rings. The maximum absolute atomic E-state index is 13.1. The van der Waals surface area contributed by atoms with Gasteiger partial charge in [-0.05, 0) is 79.9 Å². The number of nitrogens with two attached hydrogens (primary N) is 2. The Bertz CT molecular complexity index is 1210. The Balaban J connectivity index is 1.82. The average molecular weight is 490 g/mol. The van der Waals surface area contributed by atoms with Crippen molar-refractivity contribution in [3.05, 3.63) is 83.0 Å². The maximum Gasteiger partial charge on any atom is 0.259 e. The molecule has 0 fully saturated rings. The number of benzene rings is 2.